The molecule has 0 saturated carbocycles. The summed E-state index contributed by atoms with van der Waals surface area (Å²) in [7, 11) is 0. The number of carbonyl (C=O) groups is 1. The maximum Gasteiger partial charge on any atom is 0.253 e. The van der Waals surface area contributed by atoms with Gasteiger partial charge in [-0.15, -0.1) is 0 Å². The summed E-state index contributed by atoms with van der Waals surface area (Å²) in [6, 6.07) is 1.72. The fraction of sp³-hybridized carbons (Fsp3) is 0.357. The Morgan fingerprint density at radius 3 is 3.00 bits per heavy atom. The molecule has 1 amide bonds. The zero-order chi connectivity index (χ0) is 14.2. The van der Waals surface area contributed by atoms with Gasteiger partial charge in [0.1, 0.15) is 5.82 Å². The molecule has 0 aliphatic rings. The first-order valence-electron chi connectivity index (χ1n) is 6.75. The first kappa shape index (κ1) is 14.0. The lowest BCUT2D eigenvalue weighted by Gasteiger charge is -2.10. The van der Waals surface area contributed by atoms with Gasteiger partial charge in [0.05, 0.1) is 17.4 Å². The molecule has 0 atom stereocenters. The van der Waals surface area contributed by atoms with Crippen molar-refractivity contribution >= 4 is 11.6 Å². The average molecular weight is 273 g/mol. The van der Waals surface area contributed by atoms with Crippen LogP contribution in [0.1, 0.15) is 29.5 Å². The van der Waals surface area contributed by atoms with E-state index in [-0.39, 0.29) is 5.91 Å². The highest BCUT2D eigenvalue weighted by Gasteiger charge is 2.10. The third-order valence-electron chi connectivity index (χ3n) is 2.83. The number of hydrogen-bond donors (Lipinski definition) is 3. The highest BCUT2D eigenvalue weighted by Crippen LogP contribution is 2.13. The molecule has 0 aliphatic heterocycles. The quantitative estimate of drug-likeness (QED) is 0.715. The van der Waals surface area contributed by atoms with Crippen LogP contribution in [0.15, 0.2) is 30.9 Å². The number of anilines is 1. The zero-order valence-corrected chi connectivity index (χ0v) is 11.5. The first-order valence-corrected chi connectivity index (χ1v) is 6.75. The van der Waals surface area contributed by atoms with Gasteiger partial charge >= 0.3 is 0 Å². The SMILES string of the molecule is CCCNc1cnccc1C(=O)NCCc1ncc[nH]1. The number of carbonyl (C=O) groups excluding carboxylic acids is 1. The summed E-state index contributed by atoms with van der Waals surface area (Å²) in [5.41, 5.74) is 1.39. The topological polar surface area (TPSA) is 82.7 Å². The summed E-state index contributed by atoms with van der Waals surface area (Å²) in [6.45, 7) is 3.44. The molecule has 0 fully saturated rings. The van der Waals surface area contributed by atoms with E-state index in [1.165, 1.54) is 0 Å². The second-order valence-corrected chi connectivity index (χ2v) is 4.39. The number of hydrogen-bond acceptors (Lipinski definition) is 4. The van der Waals surface area contributed by atoms with Crippen molar-refractivity contribution < 1.29 is 4.79 Å². The van der Waals surface area contributed by atoms with E-state index in [1.807, 2.05) is 0 Å². The number of nitrogens with zero attached hydrogens (tertiary/aromatic N) is 2. The van der Waals surface area contributed by atoms with E-state index in [1.54, 1.807) is 30.9 Å². The van der Waals surface area contributed by atoms with Gasteiger partial charge in [-0.2, -0.15) is 0 Å². The lowest BCUT2D eigenvalue weighted by atomic mass is 10.2. The van der Waals surface area contributed by atoms with Crippen molar-refractivity contribution in [2.45, 2.75) is 19.8 Å². The van der Waals surface area contributed by atoms with Crippen LogP contribution in [-0.4, -0.2) is 33.9 Å². The molecule has 0 aliphatic carbocycles. The second-order valence-electron chi connectivity index (χ2n) is 4.39. The van der Waals surface area contributed by atoms with Gasteiger partial charge in [0.2, 0.25) is 0 Å². The van der Waals surface area contributed by atoms with Crippen molar-refractivity contribution in [2.24, 2.45) is 0 Å². The number of amides is 1. The number of aromatic nitrogens is 3. The second kappa shape index (κ2) is 7.28. The van der Waals surface area contributed by atoms with E-state index in [0.29, 0.717) is 18.5 Å². The van der Waals surface area contributed by atoms with Crippen LogP contribution in [0, 0.1) is 0 Å². The minimum absolute atomic E-state index is 0.0995. The smallest absolute Gasteiger partial charge is 0.253 e. The highest BCUT2D eigenvalue weighted by molar-refractivity contribution is 5.99. The van der Waals surface area contributed by atoms with Crippen molar-refractivity contribution in [3.05, 3.63) is 42.2 Å². The third-order valence-corrected chi connectivity index (χ3v) is 2.83. The summed E-state index contributed by atoms with van der Waals surface area (Å²) >= 11 is 0. The van der Waals surface area contributed by atoms with Crippen LogP contribution >= 0.6 is 0 Å². The van der Waals surface area contributed by atoms with Crippen LogP contribution in [0.25, 0.3) is 0 Å². The molecule has 6 heteroatoms. The van der Waals surface area contributed by atoms with E-state index in [2.05, 4.69) is 32.5 Å². The van der Waals surface area contributed by atoms with Gasteiger partial charge in [0, 0.05) is 38.1 Å². The summed E-state index contributed by atoms with van der Waals surface area (Å²) < 4.78 is 0. The van der Waals surface area contributed by atoms with Gasteiger partial charge in [-0.05, 0) is 12.5 Å². The van der Waals surface area contributed by atoms with Crippen molar-refractivity contribution in [1.82, 2.24) is 20.3 Å². The van der Waals surface area contributed by atoms with Crippen LogP contribution in [-0.2, 0) is 6.42 Å². The molecule has 2 aromatic rings. The predicted octanol–water partition coefficient (Wildman–Crippen LogP) is 1.60. The van der Waals surface area contributed by atoms with Crippen molar-refractivity contribution in [1.29, 1.82) is 0 Å². The molecule has 0 radical (unpaired) electrons. The molecular weight excluding hydrogens is 254 g/mol. The lowest BCUT2D eigenvalue weighted by molar-refractivity contribution is 0.0954. The van der Waals surface area contributed by atoms with Gasteiger partial charge in [0.25, 0.3) is 5.91 Å². The van der Waals surface area contributed by atoms with Crippen LogP contribution in [0.3, 0.4) is 0 Å². The molecule has 2 aromatic heterocycles. The highest BCUT2D eigenvalue weighted by atomic mass is 16.1. The van der Waals surface area contributed by atoms with Crippen molar-refractivity contribution in [3.63, 3.8) is 0 Å². The summed E-state index contributed by atoms with van der Waals surface area (Å²) in [6.07, 6.45) is 8.45. The molecule has 20 heavy (non-hydrogen) atoms. The zero-order valence-electron chi connectivity index (χ0n) is 11.5. The van der Waals surface area contributed by atoms with Crippen LogP contribution in [0.5, 0.6) is 0 Å². The molecule has 0 bridgehead atoms. The van der Waals surface area contributed by atoms with E-state index < -0.39 is 0 Å². The van der Waals surface area contributed by atoms with Gasteiger partial charge in [0.15, 0.2) is 0 Å². The lowest BCUT2D eigenvalue weighted by Crippen LogP contribution is -2.27. The number of imidazole rings is 1. The number of pyridine rings is 1. The van der Waals surface area contributed by atoms with Crippen LogP contribution in [0.4, 0.5) is 5.69 Å². The monoisotopic (exact) mass is 273 g/mol. The Hall–Kier alpha value is -2.37. The Morgan fingerprint density at radius 2 is 2.25 bits per heavy atom. The summed E-state index contributed by atoms with van der Waals surface area (Å²) in [5.74, 6) is 0.766. The Labute approximate surface area is 118 Å². The molecule has 6 nitrogen and oxygen atoms in total. The van der Waals surface area contributed by atoms with E-state index in [0.717, 1.165) is 24.5 Å². The standard InChI is InChI=1S/C14H19N5O/c1-2-5-16-12-10-15-6-3-11(12)14(20)19-7-4-13-17-8-9-18-13/h3,6,8-10,16H,2,4-5,7H2,1H3,(H,17,18)(H,19,20). The summed E-state index contributed by atoms with van der Waals surface area (Å²) in [5, 5.41) is 6.09. The van der Waals surface area contributed by atoms with Crippen LogP contribution in [0.2, 0.25) is 0 Å². The molecule has 0 saturated heterocycles. The number of nitrogens with one attached hydrogen (secondary N) is 3. The van der Waals surface area contributed by atoms with Gasteiger partial charge in [-0.3, -0.25) is 9.78 Å². The normalized spacial score (nSPS) is 10.2. The van der Waals surface area contributed by atoms with Gasteiger partial charge < -0.3 is 15.6 Å². The average Bonchev–Trinajstić information content (AvgIpc) is 2.98. The molecule has 0 aromatic carbocycles. The minimum Gasteiger partial charge on any atom is -0.383 e. The van der Waals surface area contributed by atoms with Gasteiger partial charge in [-0.25, -0.2) is 4.98 Å². The maximum absolute atomic E-state index is 12.1. The third kappa shape index (κ3) is 3.81. The molecule has 2 rings (SSSR count). The Morgan fingerprint density at radius 1 is 1.35 bits per heavy atom. The first-order chi connectivity index (χ1) is 9.81. The molecule has 2 heterocycles. The summed E-state index contributed by atoms with van der Waals surface area (Å²) in [4.78, 5) is 23.3. The van der Waals surface area contributed by atoms with Gasteiger partial charge in [-0.1, -0.05) is 6.92 Å². The molecule has 0 unspecified atom stereocenters. The van der Waals surface area contributed by atoms with Crippen molar-refractivity contribution in [3.8, 4) is 0 Å². The fourth-order valence-electron chi connectivity index (χ4n) is 1.82. The largest absolute Gasteiger partial charge is 0.383 e. The Bertz CT molecular complexity index is 538. The molecule has 106 valence electrons. The Balaban J connectivity index is 1.91. The van der Waals surface area contributed by atoms with Crippen LogP contribution < -0.4 is 10.6 Å². The van der Waals surface area contributed by atoms with Crippen molar-refractivity contribution in [2.75, 3.05) is 18.4 Å². The predicted molar refractivity (Wildman–Crippen MR) is 77.6 cm³/mol. The number of aromatic amines is 1. The molecular formula is C14H19N5O. The Kier molecular flexibility index (Phi) is 5.11. The molecule has 0 spiro atoms. The maximum atomic E-state index is 12.1. The van der Waals surface area contributed by atoms with E-state index in [9.17, 15) is 4.79 Å². The number of rotatable bonds is 7. The molecule has 3 N–H and O–H groups in total. The minimum atomic E-state index is -0.0995. The van der Waals surface area contributed by atoms with E-state index >= 15 is 0 Å². The fourth-order valence-corrected chi connectivity index (χ4v) is 1.82. The number of H-pyrrole nitrogens is 1. The van der Waals surface area contributed by atoms with E-state index in [4.69, 9.17) is 0 Å².